The van der Waals surface area contributed by atoms with Crippen LogP contribution in [0.2, 0.25) is 0 Å². The van der Waals surface area contributed by atoms with Crippen LogP contribution < -0.4 is 0 Å². The van der Waals surface area contributed by atoms with Crippen molar-refractivity contribution in [1.82, 2.24) is 0 Å². The molecule has 0 bridgehead atoms. The van der Waals surface area contributed by atoms with Gasteiger partial charge in [0, 0.05) is 0 Å². The Balaban J connectivity index is 1.77. The van der Waals surface area contributed by atoms with Gasteiger partial charge in [0.2, 0.25) is 0 Å². The van der Waals surface area contributed by atoms with E-state index in [1.807, 2.05) is 0 Å². The van der Waals surface area contributed by atoms with Gasteiger partial charge in [-0.05, 0) is 85.4 Å². The molecule has 0 nitrogen and oxygen atoms in total. The molecule has 4 saturated carbocycles. The lowest BCUT2D eigenvalue weighted by atomic mass is 9.41. The Labute approximate surface area is 126 Å². The van der Waals surface area contributed by atoms with Crippen molar-refractivity contribution in [3.05, 3.63) is 0 Å². The molecule has 8 atom stereocenters. The van der Waals surface area contributed by atoms with Crippen LogP contribution in [0.3, 0.4) is 0 Å². The Morgan fingerprint density at radius 1 is 0.750 bits per heavy atom. The Hall–Kier alpha value is 0. The Morgan fingerprint density at radius 2 is 1.40 bits per heavy atom. The van der Waals surface area contributed by atoms with E-state index in [2.05, 4.69) is 20.8 Å². The first-order valence-electron chi connectivity index (χ1n) is 9.65. The fourth-order valence-corrected chi connectivity index (χ4v) is 7.94. The molecule has 0 amide bonds. The first-order valence-corrected chi connectivity index (χ1v) is 9.65. The third-order valence-electron chi connectivity index (χ3n) is 8.77. The third-order valence-corrected chi connectivity index (χ3v) is 8.77. The van der Waals surface area contributed by atoms with E-state index in [0.29, 0.717) is 0 Å². The minimum Gasteiger partial charge on any atom is -0.0622 e. The van der Waals surface area contributed by atoms with E-state index in [-0.39, 0.29) is 0 Å². The molecule has 0 N–H and O–H groups in total. The van der Waals surface area contributed by atoms with Gasteiger partial charge in [-0.15, -0.1) is 0 Å². The molecule has 0 heterocycles. The van der Waals surface area contributed by atoms with Crippen molar-refractivity contribution in [2.24, 2.45) is 46.8 Å². The quantitative estimate of drug-likeness (QED) is 0.515. The van der Waals surface area contributed by atoms with Gasteiger partial charge in [0.15, 0.2) is 0 Å². The fourth-order valence-electron chi connectivity index (χ4n) is 7.94. The second kappa shape index (κ2) is 4.75. The summed E-state index contributed by atoms with van der Waals surface area (Å²) in [7, 11) is 0. The summed E-state index contributed by atoms with van der Waals surface area (Å²) < 4.78 is 0. The summed E-state index contributed by atoms with van der Waals surface area (Å²) in [6.45, 7) is 7.79. The van der Waals surface area contributed by atoms with Gasteiger partial charge in [0.1, 0.15) is 0 Å². The summed E-state index contributed by atoms with van der Waals surface area (Å²) in [6.07, 6.45) is 14.1. The van der Waals surface area contributed by atoms with Crippen LogP contribution in [0.1, 0.15) is 78.6 Å². The van der Waals surface area contributed by atoms with Crippen LogP contribution in [0.5, 0.6) is 0 Å². The number of rotatable bonds is 0. The van der Waals surface area contributed by atoms with E-state index in [4.69, 9.17) is 0 Å². The average molecular weight is 274 g/mol. The predicted molar refractivity (Wildman–Crippen MR) is 85.4 cm³/mol. The lowest BCUT2D eigenvalue weighted by molar-refractivity contribution is -0.146. The van der Waals surface area contributed by atoms with Gasteiger partial charge in [-0.25, -0.2) is 0 Å². The van der Waals surface area contributed by atoms with Crippen molar-refractivity contribution in [1.29, 1.82) is 0 Å². The number of hydrogen-bond acceptors (Lipinski definition) is 0. The predicted octanol–water partition coefficient (Wildman–Crippen LogP) is 5.91. The molecule has 1 spiro atoms. The molecule has 114 valence electrons. The lowest BCUT2D eigenvalue weighted by Crippen LogP contribution is -2.56. The average Bonchev–Trinajstić information content (AvgIpc) is 2.74. The van der Waals surface area contributed by atoms with Crippen LogP contribution in [0.15, 0.2) is 0 Å². The van der Waals surface area contributed by atoms with Crippen LogP contribution >= 0.6 is 0 Å². The highest BCUT2D eigenvalue weighted by molar-refractivity contribution is 5.10. The van der Waals surface area contributed by atoms with Crippen LogP contribution in [-0.2, 0) is 0 Å². The summed E-state index contributed by atoms with van der Waals surface area (Å²) in [6, 6.07) is 0. The fraction of sp³-hybridized carbons (Fsp3) is 1.00. The molecular formula is C20H34. The molecule has 0 aliphatic heterocycles. The standard InChI is InChI=1S/C20H34/c1-13-12-19-18(15(13)3)11-10-17-9-5-8-16-7-4-6-14(2)20(16,17)19/h13-19H,4-12H2,1-3H3/t13-,14?,15-,16-,17-,18-,19+,20?/m1/s1. The van der Waals surface area contributed by atoms with E-state index >= 15 is 0 Å². The highest BCUT2D eigenvalue weighted by Crippen LogP contribution is 2.69. The molecule has 20 heavy (non-hydrogen) atoms. The summed E-state index contributed by atoms with van der Waals surface area (Å²) in [5, 5.41) is 0. The molecule has 4 rings (SSSR count). The summed E-state index contributed by atoms with van der Waals surface area (Å²) >= 11 is 0. The van der Waals surface area contributed by atoms with E-state index in [1.165, 1.54) is 6.42 Å². The van der Waals surface area contributed by atoms with Crippen molar-refractivity contribution in [3.63, 3.8) is 0 Å². The maximum absolute atomic E-state index is 2.65. The normalized spacial score (nSPS) is 58.6. The second-order valence-electron chi connectivity index (χ2n) is 9.08. The zero-order chi connectivity index (χ0) is 13.9. The number of fused-ring (bicyclic) bond motifs is 1. The Bertz CT molecular complexity index is 361. The molecule has 0 aromatic carbocycles. The lowest BCUT2D eigenvalue weighted by Gasteiger charge is -2.63. The molecule has 0 heteroatoms. The summed E-state index contributed by atoms with van der Waals surface area (Å²) in [4.78, 5) is 0. The molecule has 4 fully saturated rings. The molecule has 0 aromatic heterocycles. The van der Waals surface area contributed by atoms with Gasteiger partial charge in [-0.1, -0.05) is 40.0 Å². The Kier molecular flexibility index (Phi) is 3.24. The van der Waals surface area contributed by atoms with Crippen LogP contribution in [0, 0.1) is 46.8 Å². The monoisotopic (exact) mass is 274 g/mol. The van der Waals surface area contributed by atoms with Gasteiger partial charge in [0.25, 0.3) is 0 Å². The second-order valence-corrected chi connectivity index (χ2v) is 9.08. The molecule has 2 unspecified atom stereocenters. The zero-order valence-corrected chi connectivity index (χ0v) is 13.9. The highest BCUT2D eigenvalue weighted by atomic mass is 14.7. The Morgan fingerprint density at radius 3 is 2.15 bits per heavy atom. The maximum Gasteiger partial charge on any atom is -0.0184 e. The number of hydrogen-bond donors (Lipinski definition) is 0. The first-order chi connectivity index (χ1) is 9.65. The van der Waals surface area contributed by atoms with Gasteiger partial charge < -0.3 is 0 Å². The maximum atomic E-state index is 2.65. The zero-order valence-electron chi connectivity index (χ0n) is 13.9. The van der Waals surface area contributed by atoms with E-state index in [1.54, 1.807) is 51.4 Å². The van der Waals surface area contributed by atoms with Gasteiger partial charge in [-0.2, -0.15) is 0 Å². The van der Waals surface area contributed by atoms with Crippen LogP contribution in [0.25, 0.3) is 0 Å². The molecule has 0 saturated heterocycles. The molecular weight excluding hydrogens is 240 g/mol. The molecule has 4 aliphatic carbocycles. The van der Waals surface area contributed by atoms with Crippen LogP contribution in [0.4, 0.5) is 0 Å². The van der Waals surface area contributed by atoms with E-state index in [0.717, 1.165) is 46.8 Å². The van der Waals surface area contributed by atoms with Gasteiger partial charge >= 0.3 is 0 Å². The van der Waals surface area contributed by atoms with Crippen LogP contribution in [-0.4, -0.2) is 0 Å². The van der Waals surface area contributed by atoms with Crippen molar-refractivity contribution >= 4 is 0 Å². The van der Waals surface area contributed by atoms with Crippen molar-refractivity contribution in [2.45, 2.75) is 78.6 Å². The van der Waals surface area contributed by atoms with Gasteiger partial charge in [0.05, 0.1) is 0 Å². The van der Waals surface area contributed by atoms with Gasteiger partial charge in [-0.3, -0.25) is 0 Å². The van der Waals surface area contributed by atoms with Crippen molar-refractivity contribution < 1.29 is 0 Å². The molecule has 0 aromatic rings. The largest absolute Gasteiger partial charge is 0.0622 e. The molecule has 0 radical (unpaired) electrons. The highest BCUT2D eigenvalue weighted by Gasteiger charge is 2.62. The topological polar surface area (TPSA) is 0 Å². The minimum atomic E-state index is 0.790. The summed E-state index contributed by atoms with van der Waals surface area (Å²) in [5.41, 5.74) is 0.790. The minimum absolute atomic E-state index is 0.790. The SMILES string of the molecule is CC1CCC[C@@H]2CCC[C@@H]3CC[C@@H]4[C@H](C)[C@H](C)C[C@@H]4C123. The third kappa shape index (κ3) is 1.60. The first kappa shape index (κ1) is 13.6. The van der Waals surface area contributed by atoms with E-state index in [9.17, 15) is 0 Å². The summed E-state index contributed by atoms with van der Waals surface area (Å²) in [5.74, 6) is 7.43. The van der Waals surface area contributed by atoms with Crippen molar-refractivity contribution in [2.75, 3.05) is 0 Å². The molecule has 4 aliphatic rings. The van der Waals surface area contributed by atoms with E-state index < -0.39 is 0 Å². The smallest absolute Gasteiger partial charge is 0.0184 e. The van der Waals surface area contributed by atoms with Crippen molar-refractivity contribution in [3.8, 4) is 0 Å².